The number of halogens is 1. The summed E-state index contributed by atoms with van der Waals surface area (Å²) in [5, 5.41) is 3.26. The van der Waals surface area contributed by atoms with Crippen LogP contribution in [0.3, 0.4) is 0 Å². The first-order valence-electron chi connectivity index (χ1n) is 6.25. The molecule has 0 aliphatic carbocycles. The van der Waals surface area contributed by atoms with Crippen LogP contribution in [0.5, 0.6) is 5.75 Å². The van der Waals surface area contributed by atoms with Gasteiger partial charge in [0.2, 0.25) is 0 Å². The predicted octanol–water partition coefficient (Wildman–Crippen LogP) is 3.49. The maximum atomic E-state index is 12.1. The molecule has 0 aromatic heterocycles. The van der Waals surface area contributed by atoms with Crippen molar-refractivity contribution < 1.29 is 14.3 Å². The van der Waals surface area contributed by atoms with Gasteiger partial charge < -0.3 is 14.8 Å². The van der Waals surface area contributed by atoms with Gasteiger partial charge in [-0.25, -0.2) is 0 Å². The summed E-state index contributed by atoms with van der Waals surface area (Å²) in [6, 6.07) is 5.15. The Labute approximate surface area is 119 Å². The minimum Gasteiger partial charge on any atom is -0.492 e. The summed E-state index contributed by atoms with van der Waals surface area (Å²) in [4.78, 5) is 12.1. The number of benzene rings is 1. The predicted molar refractivity (Wildman–Crippen MR) is 77.0 cm³/mol. The summed E-state index contributed by atoms with van der Waals surface area (Å²) in [7, 11) is 1.52. The third-order valence-corrected chi connectivity index (χ3v) is 3.39. The topological polar surface area (TPSA) is 47.6 Å². The minimum absolute atomic E-state index is 0.197. The van der Waals surface area contributed by atoms with Crippen LogP contribution in [0.25, 0.3) is 0 Å². The molecule has 0 fully saturated rings. The van der Waals surface area contributed by atoms with E-state index in [1.54, 1.807) is 25.1 Å². The van der Waals surface area contributed by atoms with Gasteiger partial charge in [-0.1, -0.05) is 18.5 Å². The summed E-state index contributed by atoms with van der Waals surface area (Å²) in [5.41, 5.74) is -0.222. The number of methoxy groups -OCH3 is 1. The van der Waals surface area contributed by atoms with Gasteiger partial charge in [0.1, 0.15) is 11.4 Å². The van der Waals surface area contributed by atoms with Crippen molar-refractivity contribution in [2.75, 3.05) is 19.0 Å². The SMILES string of the molecule is CCOc1ccc(NC(=O)C(C)(CC)OC)cc1Cl. The number of carbonyl (C=O) groups is 1. The van der Waals surface area contributed by atoms with E-state index in [1.165, 1.54) is 7.11 Å². The van der Waals surface area contributed by atoms with Gasteiger partial charge in [0.15, 0.2) is 0 Å². The van der Waals surface area contributed by atoms with Gasteiger partial charge in [0, 0.05) is 12.8 Å². The Hall–Kier alpha value is -1.26. The fourth-order valence-electron chi connectivity index (χ4n) is 1.51. The average molecular weight is 286 g/mol. The second-order valence-corrected chi connectivity index (χ2v) is 4.73. The molecule has 19 heavy (non-hydrogen) atoms. The standard InChI is InChI=1S/C14H20ClNO3/c1-5-14(3,18-4)13(17)16-10-7-8-12(19-6-2)11(15)9-10/h7-9H,5-6H2,1-4H3,(H,16,17). The van der Waals surface area contributed by atoms with Crippen LogP contribution < -0.4 is 10.1 Å². The van der Waals surface area contributed by atoms with E-state index < -0.39 is 5.60 Å². The number of hydrogen-bond donors (Lipinski definition) is 1. The van der Waals surface area contributed by atoms with E-state index in [1.807, 2.05) is 13.8 Å². The molecule has 1 rings (SSSR count). The van der Waals surface area contributed by atoms with E-state index in [4.69, 9.17) is 21.1 Å². The van der Waals surface area contributed by atoms with Gasteiger partial charge in [-0.3, -0.25) is 4.79 Å². The molecule has 0 spiro atoms. The van der Waals surface area contributed by atoms with Crippen molar-refractivity contribution in [1.29, 1.82) is 0 Å². The highest BCUT2D eigenvalue weighted by atomic mass is 35.5. The molecular formula is C14H20ClNO3. The number of nitrogens with one attached hydrogen (secondary N) is 1. The van der Waals surface area contributed by atoms with Crippen molar-refractivity contribution in [3.05, 3.63) is 23.2 Å². The van der Waals surface area contributed by atoms with E-state index in [0.717, 1.165) is 0 Å². The van der Waals surface area contributed by atoms with Crippen molar-refractivity contribution >= 4 is 23.2 Å². The summed E-state index contributed by atoms with van der Waals surface area (Å²) in [5.74, 6) is 0.407. The van der Waals surface area contributed by atoms with Crippen molar-refractivity contribution in [2.45, 2.75) is 32.8 Å². The van der Waals surface area contributed by atoms with Gasteiger partial charge >= 0.3 is 0 Å². The lowest BCUT2D eigenvalue weighted by atomic mass is 10.0. The smallest absolute Gasteiger partial charge is 0.256 e. The highest BCUT2D eigenvalue weighted by Gasteiger charge is 2.30. The molecule has 5 heteroatoms. The van der Waals surface area contributed by atoms with Crippen LogP contribution in [-0.4, -0.2) is 25.2 Å². The van der Waals surface area contributed by atoms with Crippen molar-refractivity contribution in [3.8, 4) is 5.75 Å². The lowest BCUT2D eigenvalue weighted by Gasteiger charge is -2.25. The quantitative estimate of drug-likeness (QED) is 0.870. The highest BCUT2D eigenvalue weighted by molar-refractivity contribution is 6.32. The first-order valence-corrected chi connectivity index (χ1v) is 6.63. The Morgan fingerprint density at radius 1 is 1.42 bits per heavy atom. The summed E-state index contributed by atoms with van der Waals surface area (Å²) in [6.45, 7) is 6.08. The maximum absolute atomic E-state index is 12.1. The molecule has 0 aliphatic heterocycles. The fourth-order valence-corrected chi connectivity index (χ4v) is 1.75. The molecule has 0 aliphatic rings. The molecular weight excluding hydrogens is 266 g/mol. The Morgan fingerprint density at radius 2 is 2.11 bits per heavy atom. The van der Waals surface area contributed by atoms with E-state index in [9.17, 15) is 4.79 Å². The Kier molecular flexibility index (Phi) is 5.63. The summed E-state index contributed by atoms with van der Waals surface area (Å²) >= 11 is 6.07. The second-order valence-electron chi connectivity index (χ2n) is 4.32. The molecule has 106 valence electrons. The van der Waals surface area contributed by atoms with E-state index in [2.05, 4.69) is 5.32 Å². The number of amides is 1. The molecule has 1 N–H and O–H groups in total. The molecule has 0 saturated heterocycles. The molecule has 1 aromatic rings. The number of anilines is 1. The Bertz CT molecular complexity index is 444. The largest absolute Gasteiger partial charge is 0.492 e. The van der Waals surface area contributed by atoms with Crippen molar-refractivity contribution in [1.82, 2.24) is 0 Å². The van der Waals surface area contributed by atoms with Gasteiger partial charge in [0.25, 0.3) is 5.91 Å². The van der Waals surface area contributed by atoms with Crippen LogP contribution in [0.1, 0.15) is 27.2 Å². The van der Waals surface area contributed by atoms with Gasteiger partial charge in [-0.2, -0.15) is 0 Å². The lowest BCUT2D eigenvalue weighted by molar-refractivity contribution is -0.136. The number of hydrogen-bond acceptors (Lipinski definition) is 3. The highest BCUT2D eigenvalue weighted by Crippen LogP contribution is 2.28. The van der Waals surface area contributed by atoms with Crippen LogP contribution in [0.4, 0.5) is 5.69 Å². The maximum Gasteiger partial charge on any atom is 0.256 e. The zero-order valence-electron chi connectivity index (χ0n) is 11.7. The van der Waals surface area contributed by atoms with Crippen LogP contribution in [0.2, 0.25) is 5.02 Å². The van der Waals surface area contributed by atoms with Gasteiger partial charge in [-0.05, 0) is 38.5 Å². The van der Waals surface area contributed by atoms with Crippen molar-refractivity contribution in [2.24, 2.45) is 0 Å². The van der Waals surface area contributed by atoms with E-state index >= 15 is 0 Å². The van der Waals surface area contributed by atoms with E-state index in [0.29, 0.717) is 29.5 Å². The Balaban J connectivity index is 2.83. The van der Waals surface area contributed by atoms with E-state index in [-0.39, 0.29) is 5.91 Å². The summed E-state index contributed by atoms with van der Waals surface area (Å²) in [6.07, 6.45) is 0.583. The van der Waals surface area contributed by atoms with Crippen LogP contribution in [0, 0.1) is 0 Å². The Morgan fingerprint density at radius 3 is 2.58 bits per heavy atom. The molecule has 0 bridgehead atoms. The van der Waals surface area contributed by atoms with Crippen molar-refractivity contribution in [3.63, 3.8) is 0 Å². The normalized spacial score (nSPS) is 13.7. The number of rotatable bonds is 6. The molecule has 0 heterocycles. The zero-order valence-corrected chi connectivity index (χ0v) is 12.5. The number of ether oxygens (including phenoxy) is 2. The monoisotopic (exact) mass is 285 g/mol. The minimum atomic E-state index is -0.842. The third-order valence-electron chi connectivity index (χ3n) is 3.10. The zero-order chi connectivity index (χ0) is 14.5. The second kappa shape index (κ2) is 6.78. The molecule has 1 atom stereocenters. The van der Waals surface area contributed by atoms with Crippen LogP contribution in [0.15, 0.2) is 18.2 Å². The van der Waals surface area contributed by atoms with Crippen LogP contribution in [-0.2, 0) is 9.53 Å². The summed E-state index contributed by atoms with van der Waals surface area (Å²) < 4.78 is 10.6. The fraction of sp³-hybridized carbons (Fsp3) is 0.500. The average Bonchev–Trinajstić information content (AvgIpc) is 2.41. The first-order chi connectivity index (χ1) is 8.96. The molecule has 1 unspecified atom stereocenters. The van der Waals surface area contributed by atoms with Gasteiger partial charge in [0.05, 0.1) is 11.6 Å². The lowest BCUT2D eigenvalue weighted by Crippen LogP contribution is -2.41. The molecule has 4 nitrogen and oxygen atoms in total. The molecule has 0 radical (unpaired) electrons. The first kappa shape index (κ1) is 15.8. The molecule has 1 aromatic carbocycles. The van der Waals surface area contributed by atoms with Crippen LogP contribution >= 0.6 is 11.6 Å². The van der Waals surface area contributed by atoms with Gasteiger partial charge in [-0.15, -0.1) is 0 Å². The third kappa shape index (κ3) is 3.85. The molecule has 1 amide bonds. The number of carbonyl (C=O) groups excluding carboxylic acids is 1. The molecule has 0 saturated carbocycles.